The second-order valence-corrected chi connectivity index (χ2v) is 6.32. The van der Waals surface area contributed by atoms with Crippen LogP contribution in [0, 0.1) is 6.92 Å². The average Bonchev–Trinajstić information content (AvgIpc) is 3.08. The van der Waals surface area contributed by atoms with Gasteiger partial charge in [0.05, 0.1) is 0 Å². The third kappa shape index (κ3) is 4.27. The Bertz CT molecular complexity index is 893. The summed E-state index contributed by atoms with van der Waals surface area (Å²) in [6, 6.07) is 5.51. The van der Waals surface area contributed by atoms with Crippen LogP contribution >= 0.6 is 0 Å². The molecule has 0 unspecified atom stereocenters. The summed E-state index contributed by atoms with van der Waals surface area (Å²) in [4.78, 5) is 30.2. The van der Waals surface area contributed by atoms with Crippen molar-refractivity contribution in [3.05, 3.63) is 59.2 Å². The largest absolute Gasteiger partial charge is 0.478 e. The summed E-state index contributed by atoms with van der Waals surface area (Å²) >= 11 is 0. The number of hydrogen-bond acceptors (Lipinski definition) is 3. The van der Waals surface area contributed by atoms with E-state index in [1.807, 2.05) is 13.0 Å². The first-order valence-corrected chi connectivity index (χ1v) is 8.60. The maximum atomic E-state index is 12.4. The lowest BCUT2D eigenvalue weighted by Gasteiger charge is -2.17. The standard InChI is InChI=1S/C20H21N3O3/c1-13-12-21-19(22-13)20(26)23-17-9-7-14(8-10-18(24)25)11-16(17)15-5-3-2-4-6-15/h5,7-12H,2-4,6H2,1H3,(H,21,22)(H,23,26)(H,24,25)/b10-8+. The average molecular weight is 351 g/mol. The summed E-state index contributed by atoms with van der Waals surface area (Å²) in [6.45, 7) is 1.84. The number of nitrogens with zero attached hydrogens (tertiary/aromatic N) is 1. The zero-order chi connectivity index (χ0) is 18.5. The molecule has 0 fully saturated rings. The number of allylic oxidation sites excluding steroid dienone is 2. The molecular formula is C20H21N3O3. The van der Waals surface area contributed by atoms with Gasteiger partial charge in [0.15, 0.2) is 5.82 Å². The molecule has 3 rings (SSSR count). The molecule has 0 saturated heterocycles. The predicted octanol–water partition coefficient (Wildman–Crippen LogP) is 4.03. The quantitative estimate of drug-likeness (QED) is 0.709. The first-order chi connectivity index (χ1) is 12.5. The highest BCUT2D eigenvalue weighted by molar-refractivity contribution is 6.03. The van der Waals surface area contributed by atoms with Gasteiger partial charge in [0.2, 0.25) is 0 Å². The minimum absolute atomic E-state index is 0.265. The van der Waals surface area contributed by atoms with Gasteiger partial charge in [-0.25, -0.2) is 9.78 Å². The van der Waals surface area contributed by atoms with Crippen molar-refractivity contribution in [1.82, 2.24) is 9.97 Å². The Morgan fingerprint density at radius 1 is 1.31 bits per heavy atom. The fourth-order valence-electron chi connectivity index (χ4n) is 3.00. The lowest BCUT2D eigenvalue weighted by Crippen LogP contribution is -2.15. The Hall–Kier alpha value is -3.15. The van der Waals surface area contributed by atoms with E-state index in [1.165, 1.54) is 5.57 Å². The van der Waals surface area contributed by atoms with Gasteiger partial charge in [-0.1, -0.05) is 12.1 Å². The topological polar surface area (TPSA) is 95.1 Å². The van der Waals surface area contributed by atoms with Gasteiger partial charge in [0.25, 0.3) is 5.91 Å². The van der Waals surface area contributed by atoms with Gasteiger partial charge in [-0.05, 0) is 62.0 Å². The highest BCUT2D eigenvalue weighted by atomic mass is 16.4. The van der Waals surface area contributed by atoms with Gasteiger partial charge < -0.3 is 15.4 Å². The van der Waals surface area contributed by atoms with Crippen LogP contribution in [-0.2, 0) is 4.79 Å². The Labute approximate surface area is 151 Å². The highest BCUT2D eigenvalue weighted by Gasteiger charge is 2.15. The van der Waals surface area contributed by atoms with Gasteiger partial charge in [-0.15, -0.1) is 0 Å². The lowest BCUT2D eigenvalue weighted by molar-refractivity contribution is -0.131. The fraction of sp³-hybridized carbons (Fsp3) is 0.250. The fourth-order valence-corrected chi connectivity index (χ4v) is 3.00. The zero-order valence-electron chi connectivity index (χ0n) is 14.6. The molecular weight excluding hydrogens is 330 g/mol. The molecule has 1 amide bonds. The molecule has 1 aromatic heterocycles. The highest BCUT2D eigenvalue weighted by Crippen LogP contribution is 2.33. The first-order valence-electron chi connectivity index (χ1n) is 8.60. The minimum Gasteiger partial charge on any atom is -0.478 e. The maximum Gasteiger partial charge on any atom is 0.328 e. The monoisotopic (exact) mass is 351 g/mol. The number of aromatic amines is 1. The summed E-state index contributed by atoms with van der Waals surface area (Å²) < 4.78 is 0. The van der Waals surface area contributed by atoms with Crippen LogP contribution in [0.1, 0.15) is 53.1 Å². The van der Waals surface area contributed by atoms with Gasteiger partial charge in [-0.3, -0.25) is 4.79 Å². The van der Waals surface area contributed by atoms with Crippen molar-refractivity contribution < 1.29 is 14.7 Å². The van der Waals surface area contributed by atoms with Crippen LogP contribution in [-0.4, -0.2) is 27.0 Å². The number of benzene rings is 1. The van der Waals surface area contributed by atoms with Crippen LogP contribution in [0.4, 0.5) is 5.69 Å². The van der Waals surface area contributed by atoms with Gasteiger partial charge >= 0.3 is 5.97 Å². The molecule has 1 aliphatic carbocycles. The molecule has 2 aromatic rings. The van der Waals surface area contributed by atoms with Crippen LogP contribution in [0.2, 0.25) is 0 Å². The molecule has 134 valence electrons. The smallest absolute Gasteiger partial charge is 0.328 e. The Balaban J connectivity index is 1.93. The number of carboxylic acid groups (broad SMARTS) is 1. The van der Waals surface area contributed by atoms with E-state index in [0.717, 1.165) is 48.6 Å². The molecule has 6 nitrogen and oxygen atoms in total. The minimum atomic E-state index is -0.992. The Morgan fingerprint density at radius 2 is 2.15 bits per heavy atom. The SMILES string of the molecule is Cc1cnc(C(=O)Nc2ccc(/C=C/C(=O)O)cc2C2=CCCCC2)[nH]1. The molecule has 26 heavy (non-hydrogen) atoms. The third-order valence-corrected chi connectivity index (χ3v) is 4.27. The molecule has 6 heteroatoms. The van der Waals surface area contributed by atoms with E-state index in [2.05, 4.69) is 21.4 Å². The molecule has 0 saturated carbocycles. The zero-order valence-corrected chi connectivity index (χ0v) is 14.6. The van der Waals surface area contributed by atoms with Crippen molar-refractivity contribution in [2.45, 2.75) is 32.6 Å². The Kier molecular flexibility index (Phi) is 5.31. The molecule has 0 aliphatic heterocycles. The number of carbonyl (C=O) groups is 2. The van der Waals surface area contributed by atoms with E-state index in [9.17, 15) is 9.59 Å². The summed E-state index contributed by atoms with van der Waals surface area (Å²) in [6.07, 6.45) is 10.7. The molecule has 1 heterocycles. The van der Waals surface area contributed by atoms with Crippen LogP contribution in [0.3, 0.4) is 0 Å². The molecule has 0 radical (unpaired) electrons. The molecule has 0 atom stereocenters. The number of imidazole rings is 1. The molecule has 0 spiro atoms. The van der Waals surface area contributed by atoms with Crippen LogP contribution in [0.15, 0.2) is 36.5 Å². The number of aliphatic carboxylic acids is 1. The van der Waals surface area contributed by atoms with E-state index in [1.54, 1.807) is 24.4 Å². The normalized spacial score (nSPS) is 14.3. The number of carboxylic acids is 1. The summed E-state index contributed by atoms with van der Waals surface area (Å²) in [5.74, 6) is -1.03. The van der Waals surface area contributed by atoms with Crippen molar-refractivity contribution in [2.75, 3.05) is 5.32 Å². The number of carbonyl (C=O) groups excluding carboxylic acids is 1. The van der Waals surface area contributed by atoms with Crippen LogP contribution in [0.25, 0.3) is 11.6 Å². The van der Waals surface area contributed by atoms with E-state index < -0.39 is 5.97 Å². The summed E-state index contributed by atoms with van der Waals surface area (Å²) in [5.41, 5.74) is 4.39. The van der Waals surface area contributed by atoms with E-state index in [-0.39, 0.29) is 11.7 Å². The molecule has 3 N–H and O–H groups in total. The number of anilines is 1. The van der Waals surface area contributed by atoms with Crippen molar-refractivity contribution in [3.63, 3.8) is 0 Å². The third-order valence-electron chi connectivity index (χ3n) is 4.27. The second-order valence-electron chi connectivity index (χ2n) is 6.32. The summed E-state index contributed by atoms with van der Waals surface area (Å²) in [5, 5.41) is 11.7. The van der Waals surface area contributed by atoms with E-state index in [0.29, 0.717) is 5.69 Å². The van der Waals surface area contributed by atoms with Gasteiger partial charge in [-0.2, -0.15) is 0 Å². The number of H-pyrrole nitrogens is 1. The number of hydrogen-bond donors (Lipinski definition) is 3. The number of nitrogens with one attached hydrogen (secondary N) is 2. The second kappa shape index (κ2) is 7.82. The lowest BCUT2D eigenvalue weighted by atomic mass is 9.91. The van der Waals surface area contributed by atoms with Gasteiger partial charge in [0.1, 0.15) is 0 Å². The van der Waals surface area contributed by atoms with Crippen molar-refractivity contribution >= 4 is 29.2 Å². The molecule has 0 bridgehead atoms. The number of amides is 1. The van der Waals surface area contributed by atoms with Gasteiger partial charge in [0, 0.05) is 29.2 Å². The van der Waals surface area contributed by atoms with Crippen molar-refractivity contribution in [2.24, 2.45) is 0 Å². The number of aryl methyl sites for hydroxylation is 1. The van der Waals surface area contributed by atoms with E-state index in [4.69, 9.17) is 5.11 Å². The van der Waals surface area contributed by atoms with Crippen molar-refractivity contribution in [3.8, 4) is 0 Å². The van der Waals surface area contributed by atoms with Crippen molar-refractivity contribution in [1.29, 1.82) is 0 Å². The van der Waals surface area contributed by atoms with Crippen LogP contribution in [0.5, 0.6) is 0 Å². The first kappa shape index (κ1) is 17.7. The number of aromatic nitrogens is 2. The molecule has 1 aromatic carbocycles. The predicted molar refractivity (Wildman–Crippen MR) is 101 cm³/mol. The van der Waals surface area contributed by atoms with E-state index >= 15 is 0 Å². The summed E-state index contributed by atoms with van der Waals surface area (Å²) in [7, 11) is 0. The number of rotatable bonds is 5. The molecule has 1 aliphatic rings. The Morgan fingerprint density at radius 3 is 2.81 bits per heavy atom. The van der Waals surface area contributed by atoms with Crippen LogP contribution < -0.4 is 5.32 Å². The maximum absolute atomic E-state index is 12.4.